The van der Waals surface area contributed by atoms with Crippen molar-refractivity contribution in [1.82, 2.24) is 0 Å². The third-order valence-corrected chi connectivity index (χ3v) is 4.89. The van der Waals surface area contributed by atoms with Crippen molar-refractivity contribution in [2.75, 3.05) is 24.4 Å². The van der Waals surface area contributed by atoms with Crippen LogP contribution < -0.4 is 10.6 Å². The monoisotopic (exact) mass is 416 g/mol. The first-order chi connectivity index (χ1) is 14.9. The summed E-state index contributed by atoms with van der Waals surface area (Å²) in [6, 6.07) is 19.0. The fourth-order valence-electron chi connectivity index (χ4n) is 3.08. The van der Waals surface area contributed by atoms with E-state index < -0.39 is 0 Å². The van der Waals surface area contributed by atoms with Gasteiger partial charge in [-0.2, -0.15) is 0 Å². The second-order valence-corrected chi connectivity index (χ2v) is 7.19. The molecule has 6 heteroatoms. The normalized spacial score (nSPS) is 10.4. The number of aryl methyl sites for hydroxylation is 2. The van der Waals surface area contributed by atoms with Crippen molar-refractivity contribution in [1.29, 1.82) is 0 Å². The molecular weight excluding hydrogens is 392 g/mol. The van der Waals surface area contributed by atoms with Gasteiger partial charge in [0, 0.05) is 29.6 Å². The molecule has 2 N–H and O–H groups in total. The van der Waals surface area contributed by atoms with E-state index in [1.807, 2.05) is 26.0 Å². The number of ketones is 1. The molecule has 0 bridgehead atoms. The largest absolute Gasteiger partial charge is 0.375 e. The van der Waals surface area contributed by atoms with E-state index >= 15 is 0 Å². The fraction of sp³-hybridized carbons (Fsp3) is 0.160. The van der Waals surface area contributed by atoms with Crippen LogP contribution in [0.4, 0.5) is 11.4 Å². The van der Waals surface area contributed by atoms with Gasteiger partial charge in [-0.25, -0.2) is 0 Å². The van der Waals surface area contributed by atoms with Crippen LogP contribution in [-0.4, -0.2) is 31.3 Å². The lowest BCUT2D eigenvalue weighted by Crippen LogP contribution is -2.18. The van der Waals surface area contributed by atoms with Gasteiger partial charge in [-0.15, -0.1) is 0 Å². The number of amides is 2. The Morgan fingerprint density at radius 3 is 2.00 bits per heavy atom. The highest BCUT2D eigenvalue weighted by Crippen LogP contribution is 2.20. The number of carbonyl (C=O) groups is 3. The summed E-state index contributed by atoms with van der Waals surface area (Å²) in [7, 11) is 1.45. The first-order valence-electron chi connectivity index (χ1n) is 9.80. The van der Waals surface area contributed by atoms with Gasteiger partial charge in [-0.1, -0.05) is 30.3 Å². The maximum atomic E-state index is 13.1. The molecule has 31 heavy (non-hydrogen) atoms. The predicted molar refractivity (Wildman–Crippen MR) is 121 cm³/mol. The number of nitrogens with one attached hydrogen (secondary N) is 2. The van der Waals surface area contributed by atoms with E-state index in [0.717, 1.165) is 11.1 Å². The zero-order valence-corrected chi connectivity index (χ0v) is 17.7. The van der Waals surface area contributed by atoms with Gasteiger partial charge >= 0.3 is 0 Å². The molecule has 0 aliphatic carbocycles. The number of rotatable bonds is 7. The molecule has 0 aromatic heterocycles. The van der Waals surface area contributed by atoms with Gasteiger partial charge in [0.2, 0.25) is 5.91 Å². The standard InChI is InChI=1S/C25H24N2O4/c1-16-8-9-18(14-17(16)2)24(29)21-6-4-5-7-22(21)25(30)27-20-12-10-19(11-13-20)26-23(28)15-31-3/h4-14H,15H2,1-3H3,(H,26,28)(H,27,30). The van der Waals surface area contributed by atoms with Crippen LogP contribution in [0.5, 0.6) is 0 Å². The van der Waals surface area contributed by atoms with Crippen LogP contribution in [0.1, 0.15) is 37.4 Å². The van der Waals surface area contributed by atoms with Crippen molar-refractivity contribution in [3.05, 3.63) is 94.5 Å². The molecule has 0 aliphatic rings. The van der Waals surface area contributed by atoms with Crippen LogP contribution in [-0.2, 0) is 9.53 Å². The summed E-state index contributed by atoms with van der Waals surface area (Å²) >= 11 is 0. The van der Waals surface area contributed by atoms with E-state index in [4.69, 9.17) is 4.74 Å². The molecular formula is C25H24N2O4. The van der Waals surface area contributed by atoms with E-state index in [2.05, 4.69) is 10.6 Å². The molecule has 0 fully saturated rings. The predicted octanol–water partition coefficient (Wildman–Crippen LogP) is 4.37. The van der Waals surface area contributed by atoms with Gasteiger partial charge in [-0.3, -0.25) is 14.4 Å². The van der Waals surface area contributed by atoms with E-state index in [0.29, 0.717) is 28.1 Å². The number of anilines is 2. The molecule has 0 aliphatic heterocycles. The number of benzene rings is 3. The summed E-state index contributed by atoms with van der Waals surface area (Å²) in [6.45, 7) is 3.90. The average Bonchev–Trinajstić information content (AvgIpc) is 2.76. The lowest BCUT2D eigenvalue weighted by atomic mass is 9.95. The van der Waals surface area contributed by atoms with Crippen molar-refractivity contribution in [3.63, 3.8) is 0 Å². The summed E-state index contributed by atoms with van der Waals surface area (Å²) in [5.41, 5.74) is 4.43. The molecule has 158 valence electrons. The van der Waals surface area contributed by atoms with Crippen LogP contribution >= 0.6 is 0 Å². The van der Waals surface area contributed by atoms with Crippen molar-refractivity contribution < 1.29 is 19.1 Å². The van der Waals surface area contributed by atoms with Gasteiger partial charge in [0.05, 0.1) is 5.56 Å². The zero-order valence-electron chi connectivity index (χ0n) is 17.7. The molecule has 0 saturated heterocycles. The quantitative estimate of drug-likeness (QED) is 0.560. The Morgan fingerprint density at radius 2 is 1.39 bits per heavy atom. The summed E-state index contributed by atoms with van der Waals surface area (Å²) in [6.07, 6.45) is 0. The second-order valence-electron chi connectivity index (χ2n) is 7.19. The Kier molecular flexibility index (Phi) is 6.95. The van der Waals surface area contributed by atoms with Crippen molar-refractivity contribution in [3.8, 4) is 0 Å². The Hall–Kier alpha value is -3.77. The van der Waals surface area contributed by atoms with Crippen LogP contribution in [0.25, 0.3) is 0 Å². The molecule has 2 amide bonds. The Bertz CT molecular complexity index is 1120. The Morgan fingerprint density at radius 1 is 0.774 bits per heavy atom. The summed E-state index contributed by atoms with van der Waals surface area (Å²) < 4.78 is 4.78. The van der Waals surface area contributed by atoms with Gasteiger partial charge < -0.3 is 15.4 Å². The van der Waals surface area contributed by atoms with Gasteiger partial charge in [-0.05, 0) is 61.4 Å². The minimum absolute atomic E-state index is 0.0379. The van der Waals surface area contributed by atoms with Gasteiger partial charge in [0.25, 0.3) is 5.91 Å². The van der Waals surface area contributed by atoms with Crippen LogP contribution in [0.3, 0.4) is 0 Å². The van der Waals surface area contributed by atoms with Gasteiger partial charge in [0.15, 0.2) is 5.78 Å². The maximum Gasteiger partial charge on any atom is 0.256 e. The highest BCUT2D eigenvalue weighted by Gasteiger charge is 2.18. The number of ether oxygens (including phenoxy) is 1. The second kappa shape index (κ2) is 9.82. The highest BCUT2D eigenvalue weighted by atomic mass is 16.5. The lowest BCUT2D eigenvalue weighted by molar-refractivity contribution is -0.119. The molecule has 0 spiro atoms. The first-order valence-corrected chi connectivity index (χ1v) is 9.80. The number of carbonyl (C=O) groups excluding carboxylic acids is 3. The molecule has 0 saturated carbocycles. The molecule has 0 unspecified atom stereocenters. The topological polar surface area (TPSA) is 84.5 Å². The average molecular weight is 416 g/mol. The third kappa shape index (κ3) is 5.43. The van der Waals surface area contributed by atoms with Crippen molar-refractivity contribution in [2.24, 2.45) is 0 Å². The summed E-state index contributed by atoms with van der Waals surface area (Å²) in [5, 5.41) is 5.49. The van der Waals surface area contributed by atoms with E-state index in [-0.39, 0.29) is 24.2 Å². The summed E-state index contributed by atoms with van der Waals surface area (Å²) in [4.78, 5) is 37.5. The van der Waals surface area contributed by atoms with Crippen molar-refractivity contribution in [2.45, 2.75) is 13.8 Å². The Balaban J connectivity index is 1.77. The van der Waals surface area contributed by atoms with Crippen LogP contribution in [0, 0.1) is 13.8 Å². The maximum absolute atomic E-state index is 13.1. The van der Waals surface area contributed by atoms with E-state index in [1.54, 1.807) is 54.6 Å². The third-order valence-electron chi connectivity index (χ3n) is 4.89. The first kappa shape index (κ1) is 21.9. The molecule has 0 heterocycles. The number of hydrogen-bond acceptors (Lipinski definition) is 4. The van der Waals surface area contributed by atoms with E-state index in [9.17, 15) is 14.4 Å². The molecule has 6 nitrogen and oxygen atoms in total. The lowest BCUT2D eigenvalue weighted by Gasteiger charge is -2.11. The molecule has 0 radical (unpaired) electrons. The molecule has 3 aromatic rings. The minimum Gasteiger partial charge on any atom is -0.375 e. The molecule has 0 atom stereocenters. The van der Waals surface area contributed by atoms with Crippen LogP contribution in [0.2, 0.25) is 0 Å². The zero-order chi connectivity index (χ0) is 22.4. The minimum atomic E-state index is -0.385. The highest BCUT2D eigenvalue weighted by molar-refractivity contribution is 6.17. The van der Waals surface area contributed by atoms with Crippen molar-refractivity contribution >= 4 is 29.0 Å². The Labute approximate surface area is 181 Å². The summed E-state index contributed by atoms with van der Waals surface area (Å²) in [5.74, 6) is -0.855. The SMILES string of the molecule is COCC(=O)Nc1ccc(NC(=O)c2ccccc2C(=O)c2ccc(C)c(C)c2)cc1. The number of hydrogen-bond donors (Lipinski definition) is 2. The van der Waals surface area contributed by atoms with Crippen LogP contribution in [0.15, 0.2) is 66.7 Å². The smallest absolute Gasteiger partial charge is 0.256 e. The molecule has 3 aromatic carbocycles. The fourth-order valence-corrected chi connectivity index (χ4v) is 3.08. The molecule has 3 rings (SSSR count). The van der Waals surface area contributed by atoms with E-state index in [1.165, 1.54) is 7.11 Å². The number of methoxy groups -OCH3 is 1. The van der Waals surface area contributed by atoms with Gasteiger partial charge in [0.1, 0.15) is 6.61 Å².